The Morgan fingerprint density at radius 3 is 2.39 bits per heavy atom. The largest absolute Gasteiger partial charge is 0.489 e. The van der Waals surface area contributed by atoms with Gasteiger partial charge in [0.05, 0.1) is 22.3 Å². The van der Waals surface area contributed by atoms with Crippen molar-refractivity contribution in [3.63, 3.8) is 0 Å². The van der Waals surface area contributed by atoms with Crippen LogP contribution in [-0.2, 0) is 11.2 Å². The quantitative estimate of drug-likeness (QED) is 0.429. The van der Waals surface area contributed by atoms with Crippen LogP contribution in [0.3, 0.4) is 0 Å². The molecule has 2 fully saturated rings. The van der Waals surface area contributed by atoms with Crippen molar-refractivity contribution in [3.8, 4) is 5.75 Å². The number of fused-ring (bicyclic) bond motifs is 1. The summed E-state index contributed by atoms with van der Waals surface area (Å²) in [7, 11) is 1.00. The molecule has 9 nitrogen and oxygen atoms in total. The number of pyridine rings is 1. The maximum atomic E-state index is 13.2. The highest BCUT2D eigenvalue weighted by Gasteiger charge is 2.24. The molecule has 0 saturated carbocycles. The van der Waals surface area contributed by atoms with E-state index in [2.05, 4.69) is 19.9 Å². The highest BCUT2D eigenvalue weighted by Crippen LogP contribution is 2.30. The highest BCUT2D eigenvalue weighted by atomic mass is 35.5. The van der Waals surface area contributed by atoms with Gasteiger partial charge in [0.25, 0.3) is 0 Å². The zero-order valence-electron chi connectivity index (χ0n) is 22.2. The summed E-state index contributed by atoms with van der Waals surface area (Å²) in [6.07, 6.45) is 6.10. The van der Waals surface area contributed by atoms with Gasteiger partial charge in [-0.05, 0) is 51.0 Å². The molecular formula is C27H37ClFN5O4. The lowest BCUT2D eigenvalue weighted by Crippen LogP contribution is -2.39. The third kappa shape index (κ3) is 8.62. The predicted octanol–water partition coefficient (Wildman–Crippen LogP) is 4.17. The van der Waals surface area contributed by atoms with Gasteiger partial charge in [0.1, 0.15) is 23.2 Å². The van der Waals surface area contributed by atoms with Crippen LogP contribution in [0.2, 0.25) is 5.02 Å². The van der Waals surface area contributed by atoms with Gasteiger partial charge in [-0.2, -0.15) is 0 Å². The first-order chi connectivity index (χ1) is 18.2. The molecule has 0 atom stereocenters. The standard InChI is InChI=1S/C22H25ClFN5O2.C4H8O.CH4O/c1-22(2,30)11-14-10-17-18(12-26-14)28-21(20(25)27-17)29-7-5-15(6-8-29)31-19-4-3-13(24)9-16(19)23;1-2-4-5-3-1;1-2/h3-4,9-10,12,15,30H,5-8,11H2,1-2H3,(H2,25,27);1-4H2;2H,1H3. The van der Waals surface area contributed by atoms with Gasteiger partial charge < -0.3 is 30.3 Å². The first-order valence-electron chi connectivity index (χ1n) is 12.7. The van der Waals surface area contributed by atoms with E-state index in [1.54, 1.807) is 26.1 Å². The van der Waals surface area contributed by atoms with E-state index in [4.69, 9.17) is 31.9 Å². The number of halogens is 2. The molecule has 2 aliphatic heterocycles. The number of rotatable bonds is 5. The summed E-state index contributed by atoms with van der Waals surface area (Å²) in [4.78, 5) is 15.7. The Hall–Kier alpha value is -2.79. The lowest BCUT2D eigenvalue weighted by molar-refractivity contribution is 0.0800. The zero-order chi connectivity index (χ0) is 27.7. The van der Waals surface area contributed by atoms with Crippen LogP contribution < -0.4 is 15.4 Å². The summed E-state index contributed by atoms with van der Waals surface area (Å²) in [5, 5.41) is 17.3. The molecule has 0 unspecified atom stereocenters. The fourth-order valence-corrected chi connectivity index (χ4v) is 4.44. The molecule has 2 saturated heterocycles. The molecule has 38 heavy (non-hydrogen) atoms. The Balaban J connectivity index is 0.000000504. The van der Waals surface area contributed by atoms with Crippen LogP contribution in [0.1, 0.15) is 45.2 Å². The van der Waals surface area contributed by atoms with Gasteiger partial charge in [0.2, 0.25) is 0 Å². The van der Waals surface area contributed by atoms with E-state index < -0.39 is 5.60 Å². The number of aliphatic hydroxyl groups excluding tert-OH is 1. The summed E-state index contributed by atoms with van der Waals surface area (Å²) in [5.74, 6) is 1.08. The molecule has 2 aliphatic rings. The first kappa shape index (κ1) is 29.8. The van der Waals surface area contributed by atoms with Crippen LogP contribution in [0.25, 0.3) is 11.0 Å². The van der Waals surface area contributed by atoms with Gasteiger partial charge in [-0.1, -0.05) is 11.6 Å². The lowest BCUT2D eigenvalue weighted by atomic mass is 10.0. The number of aliphatic hydroxyl groups is 2. The van der Waals surface area contributed by atoms with Gasteiger partial charge in [-0.15, -0.1) is 0 Å². The molecule has 0 amide bonds. The molecule has 4 heterocycles. The van der Waals surface area contributed by atoms with Crippen molar-refractivity contribution in [2.24, 2.45) is 0 Å². The van der Waals surface area contributed by atoms with Crippen LogP contribution >= 0.6 is 11.6 Å². The minimum Gasteiger partial charge on any atom is -0.489 e. The van der Waals surface area contributed by atoms with E-state index in [9.17, 15) is 9.50 Å². The molecule has 0 bridgehead atoms. The van der Waals surface area contributed by atoms with E-state index >= 15 is 0 Å². The van der Waals surface area contributed by atoms with Crippen molar-refractivity contribution >= 4 is 34.3 Å². The predicted molar refractivity (Wildman–Crippen MR) is 147 cm³/mol. The minimum atomic E-state index is -0.857. The van der Waals surface area contributed by atoms with Crippen molar-refractivity contribution in [2.75, 3.05) is 44.0 Å². The van der Waals surface area contributed by atoms with Crippen molar-refractivity contribution in [2.45, 2.75) is 57.7 Å². The summed E-state index contributed by atoms with van der Waals surface area (Å²) in [6.45, 7) is 6.86. The van der Waals surface area contributed by atoms with Crippen molar-refractivity contribution in [1.29, 1.82) is 0 Å². The van der Waals surface area contributed by atoms with E-state index in [0.717, 1.165) is 38.9 Å². The molecule has 2 aromatic heterocycles. The molecular weight excluding hydrogens is 513 g/mol. The average Bonchev–Trinajstić information content (AvgIpc) is 3.47. The normalized spacial score (nSPS) is 15.9. The summed E-state index contributed by atoms with van der Waals surface area (Å²) in [6, 6.07) is 5.95. The number of nitrogens with two attached hydrogens (primary N) is 1. The molecule has 4 N–H and O–H groups in total. The number of nitrogen functional groups attached to an aromatic ring is 1. The molecule has 3 aromatic rings. The van der Waals surface area contributed by atoms with E-state index in [1.807, 2.05) is 6.07 Å². The maximum Gasteiger partial charge on any atom is 0.172 e. The Morgan fingerprint density at radius 2 is 1.82 bits per heavy atom. The summed E-state index contributed by atoms with van der Waals surface area (Å²) >= 11 is 6.07. The van der Waals surface area contributed by atoms with Crippen LogP contribution in [0.5, 0.6) is 5.75 Å². The number of anilines is 2. The third-order valence-corrected chi connectivity index (χ3v) is 6.28. The molecule has 0 radical (unpaired) electrons. The van der Waals surface area contributed by atoms with Gasteiger partial charge in [-0.25, -0.2) is 14.4 Å². The van der Waals surface area contributed by atoms with Gasteiger partial charge in [0.15, 0.2) is 11.6 Å². The number of piperidine rings is 1. The van der Waals surface area contributed by atoms with Gasteiger partial charge in [-0.3, -0.25) is 4.98 Å². The van der Waals surface area contributed by atoms with Crippen LogP contribution in [-0.4, -0.2) is 70.3 Å². The van der Waals surface area contributed by atoms with Crippen molar-refractivity contribution in [3.05, 3.63) is 47.0 Å². The second kappa shape index (κ2) is 13.8. The molecule has 0 aliphatic carbocycles. The van der Waals surface area contributed by atoms with Crippen molar-refractivity contribution < 1.29 is 24.1 Å². The van der Waals surface area contributed by atoms with Gasteiger partial charge >= 0.3 is 0 Å². The highest BCUT2D eigenvalue weighted by molar-refractivity contribution is 6.32. The van der Waals surface area contributed by atoms with E-state index in [0.29, 0.717) is 47.9 Å². The number of hydrogen-bond acceptors (Lipinski definition) is 9. The Bertz CT molecular complexity index is 1170. The van der Waals surface area contributed by atoms with Gasteiger partial charge in [0, 0.05) is 58.4 Å². The van der Waals surface area contributed by atoms with Crippen LogP contribution in [0, 0.1) is 5.82 Å². The summed E-state index contributed by atoms with van der Waals surface area (Å²) < 4.78 is 24.1. The fraction of sp³-hybridized carbons (Fsp3) is 0.519. The topological polar surface area (TPSA) is 127 Å². The second-order valence-electron chi connectivity index (χ2n) is 9.78. The summed E-state index contributed by atoms with van der Waals surface area (Å²) in [5.41, 5.74) is 7.40. The van der Waals surface area contributed by atoms with E-state index in [-0.39, 0.29) is 16.9 Å². The SMILES string of the molecule is C1CCOC1.CC(C)(O)Cc1cc2nc(N)c(N3CCC(Oc4ccc(F)cc4Cl)CC3)nc2cn1.CO. The fourth-order valence-electron chi connectivity index (χ4n) is 4.22. The first-order valence-corrected chi connectivity index (χ1v) is 13.1. The molecule has 0 spiro atoms. The number of benzene rings is 1. The van der Waals surface area contributed by atoms with E-state index in [1.165, 1.54) is 25.0 Å². The number of nitrogens with zero attached hydrogens (tertiary/aromatic N) is 4. The van der Waals surface area contributed by atoms with Crippen LogP contribution in [0.4, 0.5) is 16.0 Å². The Morgan fingerprint density at radius 1 is 1.13 bits per heavy atom. The van der Waals surface area contributed by atoms with Crippen LogP contribution in [0.15, 0.2) is 30.5 Å². The lowest BCUT2D eigenvalue weighted by Gasteiger charge is -2.33. The third-order valence-electron chi connectivity index (χ3n) is 5.98. The Kier molecular flexibility index (Phi) is 10.8. The second-order valence-corrected chi connectivity index (χ2v) is 10.2. The monoisotopic (exact) mass is 549 g/mol. The Labute approximate surface area is 227 Å². The number of aromatic nitrogens is 3. The maximum absolute atomic E-state index is 13.2. The minimum absolute atomic E-state index is 0.0279. The molecule has 11 heteroatoms. The smallest absolute Gasteiger partial charge is 0.172 e. The number of hydrogen-bond donors (Lipinski definition) is 3. The zero-order valence-corrected chi connectivity index (χ0v) is 22.9. The molecule has 1 aromatic carbocycles. The number of ether oxygens (including phenoxy) is 2. The molecule has 5 rings (SSSR count). The average molecular weight is 550 g/mol. The molecule has 208 valence electrons. The van der Waals surface area contributed by atoms with Crippen molar-refractivity contribution in [1.82, 2.24) is 15.0 Å².